The van der Waals surface area contributed by atoms with Crippen LogP contribution in [0.25, 0.3) is 0 Å². The molecule has 0 aliphatic carbocycles. The number of hydrogen-bond donors (Lipinski definition) is 2. The van der Waals surface area contributed by atoms with Gasteiger partial charge in [0.2, 0.25) is 5.91 Å². The maximum Gasteiger partial charge on any atom is 0.234 e. The molecule has 1 aromatic carbocycles. The van der Waals surface area contributed by atoms with Gasteiger partial charge in [0.15, 0.2) is 11.6 Å². The summed E-state index contributed by atoms with van der Waals surface area (Å²) in [6, 6.07) is 3.52. The van der Waals surface area contributed by atoms with Crippen LogP contribution in [0.4, 0.5) is 8.78 Å². The normalized spacial score (nSPS) is 18.5. The van der Waals surface area contributed by atoms with Gasteiger partial charge >= 0.3 is 0 Å². The van der Waals surface area contributed by atoms with Gasteiger partial charge in [0.05, 0.1) is 12.6 Å². The Morgan fingerprint density at radius 1 is 1.38 bits per heavy atom. The number of carbonyl (C=O) groups excluding carboxylic acids is 1. The van der Waals surface area contributed by atoms with Gasteiger partial charge in [-0.1, -0.05) is 6.07 Å². The van der Waals surface area contributed by atoms with Gasteiger partial charge in [-0.25, -0.2) is 8.78 Å². The van der Waals surface area contributed by atoms with E-state index in [0.717, 1.165) is 38.1 Å². The third-order valence-corrected chi connectivity index (χ3v) is 3.82. The predicted octanol–water partition coefficient (Wildman–Crippen LogP) is 1.57. The van der Waals surface area contributed by atoms with E-state index in [4.69, 9.17) is 5.73 Å². The van der Waals surface area contributed by atoms with E-state index in [1.54, 1.807) is 6.92 Å². The first kappa shape index (κ1) is 15.9. The second kappa shape index (κ2) is 6.95. The number of nitrogens with one attached hydrogen (secondary N) is 1. The minimum absolute atomic E-state index is 0.122. The molecule has 0 saturated carbocycles. The van der Waals surface area contributed by atoms with Crippen molar-refractivity contribution >= 4 is 5.91 Å². The van der Waals surface area contributed by atoms with Crippen molar-refractivity contribution in [3.8, 4) is 0 Å². The minimum Gasteiger partial charge on any atom is -0.348 e. The van der Waals surface area contributed by atoms with E-state index in [0.29, 0.717) is 12.1 Å². The fourth-order valence-electron chi connectivity index (χ4n) is 2.47. The Bertz CT molecular complexity index is 502. The van der Waals surface area contributed by atoms with Crippen LogP contribution in [0.1, 0.15) is 31.4 Å². The highest BCUT2D eigenvalue weighted by molar-refractivity contribution is 5.78. The number of hydrogen-bond acceptors (Lipinski definition) is 3. The number of nitrogens with zero attached hydrogens (tertiary/aromatic N) is 1. The third-order valence-electron chi connectivity index (χ3n) is 3.82. The Hall–Kier alpha value is -1.53. The third kappa shape index (κ3) is 4.47. The van der Waals surface area contributed by atoms with Crippen molar-refractivity contribution in [1.82, 2.24) is 10.2 Å². The molecule has 0 spiro atoms. The SMILES string of the molecule is CC(NC(=O)CN1CCC(N)CC1)c1ccc(F)c(F)c1. The van der Waals surface area contributed by atoms with Gasteiger partial charge in [-0.2, -0.15) is 0 Å². The average Bonchev–Trinajstić information content (AvgIpc) is 2.44. The lowest BCUT2D eigenvalue weighted by Gasteiger charge is -2.29. The lowest BCUT2D eigenvalue weighted by molar-refractivity contribution is -0.123. The molecule has 21 heavy (non-hydrogen) atoms. The summed E-state index contributed by atoms with van der Waals surface area (Å²) in [6.45, 7) is 3.68. The van der Waals surface area contributed by atoms with Crippen LogP contribution in [0.2, 0.25) is 0 Å². The van der Waals surface area contributed by atoms with Crippen LogP contribution >= 0.6 is 0 Å². The van der Waals surface area contributed by atoms with Gasteiger partial charge in [0, 0.05) is 19.1 Å². The van der Waals surface area contributed by atoms with Crippen molar-refractivity contribution < 1.29 is 13.6 Å². The fraction of sp³-hybridized carbons (Fsp3) is 0.533. The summed E-state index contributed by atoms with van der Waals surface area (Å²) in [7, 11) is 0. The highest BCUT2D eigenvalue weighted by Crippen LogP contribution is 2.16. The molecule has 6 heteroatoms. The number of amides is 1. The van der Waals surface area contributed by atoms with Gasteiger partial charge in [-0.3, -0.25) is 9.69 Å². The summed E-state index contributed by atoms with van der Waals surface area (Å²) < 4.78 is 26.1. The number of carbonyl (C=O) groups is 1. The summed E-state index contributed by atoms with van der Waals surface area (Å²) in [6.07, 6.45) is 1.79. The molecule has 0 bridgehead atoms. The molecule has 1 fully saturated rings. The van der Waals surface area contributed by atoms with E-state index in [2.05, 4.69) is 10.2 Å². The second-order valence-electron chi connectivity index (χ2n) is 5.58. The van der Waals surface area contributed by atoms with Crippen molar-refractivity contribution in [2.45, 2.75) is 31.8 Å². The Labute approximate surface area is 123 Å². The van der Waals surface area contributed by atoms with E-state index >= 15 is 0 Å². The molecule has 0 radical (unpaired) electrons. The first-order valence-electron chi connectivity index (χ1n) is 7.18. The number of halogens is 2. The first-order valence-corrected chi connectivity index (χ1v) is 7.18. The Morgan fingerprint density at radius 3 is 2.67 bits per heavy atom. The van der Waals surface area contributed by atoms with Crippen LogP contribution in [0.3, 0.4) is 0 Å². The summed E-state index contributed by atoms with van der Waals surface area (Å²) in [5.74, 6) is -1.91. The zero-order chi connectivity index (χ0) is 15.4. The van der Waals surface area contributed by atoms with Crippen molar-refractivity contribution in [2.24, 2.45) is 5.73 Å². The van der Waals surface area contributed by atoms with E-state index < -0.39 is 11.6 Å². The van der Waals surface area contributed by atoms with Crippen LogP contribution in [0.5, 0.6) is 0 Å². The van der Waals surface area contributed by atoms with Gasteiger partial charge in [-0.05, 0) is 37.5 Å². The molecule has 1 unspecified atom stereocenters. The quantitative estimate of drug-likeness (QED) is 0.887. The van der Waals surface area contributed by atoms with Crippen LogP contribution in [-0.2, 0) is 4.79 Å². The second-order valence-corrected chi connectivity index (χ2v) is 5.58. The summed E-state index contributed by atoms with van der Waals surface area (Å²) in [4.78, 5) is 14.0. The number of nitrogens with two attached hydrogens (primary N) is 1. The van der Waals surface area contributed by atoms with Gasteiger partial charge in [-0.15, -0.1) is 0 Å². The van der Waals surface area contributed by atoms with Gasteiger partial charge in [0.1, 0.15) is 0 Å². The van der Waals surface area contributed by atoms with E-state index in [1.165, 1.54) is 6.07 Å². The monoisotopic (exact) mass is 297 g/mol. The zero-order valence-corrected chi connectivity index (χ0v) is 12.1. The smallest absolute Gasteiger partial charge is 0.234 e. The number of rotatable bonds is 4. The Kier molecular flexibility index (Phi) is 5.25. The van der Waals surface area contributed by atoms with E-state index in [9.17, 15) is 13.6 Å². The van der Waals surface area contributed by atoms with Crippen LogP contribution in [0, 0.1) is 11.6 Å². The summed E-state index contributed by atoms with van der Waals surface area (Å²) >= 11 is 0. The van der Waals surface area contributed by atoms with Crippen molar-refractivity contribution in [1.29, 1.82) is 0 Å². The predicted molar refractivity (Wildman–Crippen MR) is 76.6 cm³/mol. The standard InChI is InChI=1S/C15H21F2N3O/c1-10(11-2-3-13(16)14(17)8-11)19-15(21)9-20-6-4-12(18)5-7-20/h2-3,8,10,12H,4-7,9,18H2,1H3,(H,19,21). The van der Waals surface area contributed by atoms with Crippen molar-refractivity contribution in [3.63, 3.8) is 0 Å². The zero-order valence-electron chi connectivity index (χ0n) is 12.1. The average molecular weight is 297 g/mol. The molecular weight excluding hydrogens is 276 g/mol. The molecule has 1 heterocycles. The Morgan fingerprint density at radius 2 is 2.05 bits per heavy atom. The van der Waals surface area contributed by atoms with Crippen molar-refractivity contribution in [3.05, 3.63) is 35.4 Å². The molecule has 3 N–H and O–H groups in total. The molecule has 116 valence electrons. The minimum atomic E-state index is -0.904. The van der Waals surface area contributed by atoms with Crippen LogP contribution in [-0.4, -0.2) is 36.5 Å². The molecule has 1 aliphatic heterocycles. The molecule has 1 atom stereocenters. The number of benzene rings is 1. The number of likely N-dealkylation sites (tertiary alicyclic amines) is 1. The molecule has 1 saturated heterocycles. The summed E-state index contributed by atoms with van der Waals surface area (Å²) in [5.41, 5.74) is 6.36. The highest BCUT2D eigenvalue weighted by Gasteiger charge is 2.19. The van der Waals surface area contributed by atoms with Crippen LogP contribution < -0.4 is 11.1 Å². The molecule has 4 nitrogen and oxygen atoms in total. The first-order chi connectivity index (χ1) is 9.95. The molecule has 2 rings (SSSR count). The molecule has 1 aliphatic rings. The molecular formula is C15H21F2N3O. The number of piperidine rings is 1. The lowest BCUT2D eigenvalue weighted by Crippen LogP contribution is -2.44. The molecule has 1 amide bonds. The Balaban J connectivity index is 1.85. The highest BCUT2D eigenvalue weighted by atomic mass is 19.2. The fourth-order valence-corrected chi connectivity index (χ4v) is 2.47. The van der Waals surface area contributed by atoms with Crippen LogP contribution in [0.15, 0.2) is 18.2 Å². The van der Waals surface area contributed by atoms with Gasteiger partial charge < -0.3 is 11.1 Å². The van der Waals surface area contributed by atoms with E-state index in [-0.39, 0.29) is 18.0 Å². The maximum atomic E-state index is 13.2. The van der Waals surface area contributed by atoms with E-state index in [1.807, 2.05) is 0 Å². The lowest BCUT2D eigenvalue weighted by atomic mass is 10.1. The van der Waals surface area contributed by atoms with Gasteiger partial charge in [0.25, 0.3) is 0 Å². The molecule has 0 aromatic heterocycles. The maximum absolute atomic E-state index is 13.2. The molecule has 1 aromatic rings. The largest absolute Gasteiger partial charge is 0.348 e. The summed E-state index contributed by atoms with van der Waals surface area (Å²) in [5, 5.41) is 2.80. The topological polar surface area (TPSA) is 58.4 Å². The van der Waals surface area contributed by atoms with Crippen molar-refractivity contribution in [2.75, 3.05) is 19.6 Å².